The molecular formula is C20H23N7OS. The van der Waals surface area contributed by atoms with Gasteiger partial charge >= 0.3 is 0 Å². The summed E-state index contributed by atoms with van der Waals surface area (Å²) in [7, 11) is 0. The van der Waals surface area contributed by atoms with Crippen molar-refractivity contribution in [3.63, 3.8) is 0 Å². The standard InChI is InChI=1S/C20H23N7OS/c21-11-15(12-23-13-5-8-22-9-6-13)25-20-26-17-7-10-29-18(17)19(27-20)24-14-1-3-16(28)4-2-14/h5-12,14,16,28H,1-4,21H2,(H2,24,25,26,27). The van der Waals surface area contributed by atoms with Gasteiger partial charge in [0.05, 0.1) is 33.9 Å². The fourth-order valence-corrected chi connectivity index (χ4v) is 4.03. The number of fused-ring (bicyclic) bond motifs is 1. The van der Waals surface area contributed by atoms with E-state index in [-0.39, 0.29) is 6.10 Å². The summed E-state index contributed by atoms with van der Waals surface area (Å²) in [6.45, 7) is 0. The quantitative estimate of drug-likeness (QED) is 0.460. The lowest BCUT2D eigenvalue weighted by molar-refractivity contribution is 0.126. The Bertz CT molecular complexity index is 1010. The Morgan fingerprint density at radius 2 is 1.97 bits per heavy atom. The summed E-state index contributed by atoms with van der Waals surface area (Å²) in [6.07, 6.45) is 9.71. The van der Waals surface area contributed by atoms with Gasteiger partial charge in [-0.25, -0.2) is 4.98 Å². The summed E-state index contributed by atoms with van der Waals surface area (Å²) in [4.78, 5) is 17.6. The van der Waals surface area contributed by atoms with E-state index in [1.54, 1.807) is 29.9 Å². The number of aliphatic hydroxyl groups excluding tert-OH is 1. The van der Waals surface area contributed by atoms with Crippen LogP contribution in [0.3, 0.4) is 0 Å². The van der Waals surface area contributed by atoms with E-state index in [1.165, 1.54) is 6.20 Å². The van der Waals surface area contributed by atoms with Crippen molar-refractivity contribution in [3.8, 4) is 0 Å². The van der Waals surface area contributed by atoms with Crippen LogP contribution < -0.4 is 16.4 Å². The minimum atomic E-state index is -0.186. The number of aliphatic hydroxyl groups is 1. The van der Waals surface area contributed by atoms with Crippen LogP contribution in [0.5, 0.6) is 0 Å². The van der Waals surface area contributed by atoms with E-state index in [0.717, 1.165) is 47.4 Å². The minimum absolute atomic E-state index is 0.186. The monoisotopic (exact) mass is 409 g/mol. The third-order valence-electron chi connectivity index (χ3n) is 4.79. The van der Waals surface area contributed by atoms with Gasteiger partial charge in [-0.05, 0) is 49.3 Å². The molecule has 0 spiro atoms. The van der Waals surface area contributed by atoms with Gasteiger partial charge in [0.1, 0.15) is 5.82 Å². The number of pyridine rings is 1. The van der Waals surface area contributed by atoms with Crippen molar-refractivity contribution < 1.29 is 5.11 Å². The number of allylic oxidation sites excluding steroid dienone is 1. The molecule has 0 atom stereocenters. The zero-order chi connectivity index (χ0) is 20.1. The molecule has 0 unspecified atom stereocenters. The van der Waals surface area contributed by atoms with E-state index in [0.29, 0.717) is 17.7 Å². The van der Waals surface area contributed by atoms with Crippen LogP contribution in [-0.2, 0) is 0 Å². The van der Waals surface area contributed by atoms with Gasteiger partial charge in [-0.1, -0.05) is 0 Å². The lowest BCUT2D eigenvalue weighted by Crippen LogP contribution is -2.28. The van der Waals surface area contributed by atoms with Gasteiger partial charge in [0.15, 0.2) is 0 Å². The molecule has 3 aromatic rings. The van der Waals surface area contributed by atoms with E-state index in [4.69, 9.17) is 5.73 Å². The number of nitrogens with zero attached hydrogens (tertiary/aromatic N) is 4. The predicted molar refractivity (Wildman–Crippen MR) is 118 cm³/mol. The zero-order valence-corrected chi connectivity index (χ0v) is 16.6. The van der Waals surface area contributed by atoms with Gasteiger partial charge < -0.3 is 21.5 Å². The van der Waals surface area contributed by atoms with Crippen LogP contribution in [0.1, 0.15) is 25.7 Å². The highest BCUT2D eigenvalue weighted by Crippen LogP contribution is 2.30. The number of rotatable bonds is 6. The number of aromatic nitrogens is 3. The molecule has 9 heteroatoms. The lowest BCUT2D eigenvalue weighted by atomic mass is 9.93. The molecular weight excluding hydrogens is 386 g/mol. The summed E-state index contributed by atoms with van der Waals surface area (Å²) < 4.78 is 1.02. The van der Waals surface area contributed by atoms with Crippen LogP contribution in [0, 0.1) is 0 Å². The van der Waals surface area contributed by atoms with Crippen molar-refractivity contribution in [2.24, 2.45) is 10.7 Å². The van der Waals surface area contributed by atoms with E-state index in [1.807, 2.05) is 23.6 Å². The second kappa shape index (κ2) is 8.97. The molecule has 1 saturated carbocycles. The van der Waals surface area contributed by atoms with Gasteiger partial charge in [0, 0.05) is 24.6 Å². The number of aliphatic imine (C=N–C) groups is 1. The van der Waals surface area contributed by atoms with Crippen molar-refractivity contribution >= 4 is 45.2 Å². The fraction of sp³-hybridized carbons (Fsp3) is 0.300. The largest absolute Gasteiger partial charge is 0.403 e. The molecule has 0 aliphatic heterocycles. The van der Waals surface area contributed by atoms with Crippen LogP contribution in [0.15, 0.2) is 52.9 Å². The number of hydrogen-bond donors (Lipinski definition) is 4. The van der Waals surface area contributed by atoms with E-state index in [9.17, 15) is 5.11 Å². The molecule has 8 nitrogen and oxygen atoms in total. The Balaban J connectivity index is 1.53. The molecule has 150 valence electrons. The Morgan fingerprint density at radius 3 is 2.72 bits per heavy atom. The van der Waals surface area contributed by atoms with Crippen LogP contribution in [-0.4, -0.2) is 38.4 Å². The average Bonchev–Trinajstić information content (AvgIpc) is 3.22. The predicted octanol–water partition coefficient (Wildman–Crippen LogP) is 3.42. The van der Waals surface area contributed by atoms with E-state index in [2.05, 4.69) is 30.6 Å². The second-order valence-electron chi connectivity index (χ2n) is 6.89. The molecule has 1 aliphatic carbocycles. The SMILES string of the molecule is NC=C(C=Nc1ccncc1)Nc1nc(NC2CCC(O)CC2)c2sccc2n1. The van der Waals surface area contributed by atoms with Gasteiger partial charge in [-0.2, -0.15) is 4.98 Å². The van der Waals surface area contributed by atoms with Gasteiger partial charge in [-0.3, -0.25) is 9.98 Å². The Labute approximate surface area is 172 Å². The Morgan fingerprint density at radius 1 is 1.17 bits per heavy atom. The molecule has 0 saturated heterocycles. The van der Waals surface area contributed by atoms with Crippen LogP contribution >= 0.6 is 11.3 Å². The Kier molecular flexibility index (Phi) is 5.97. The van der Waals surface area contributed by atoms with Crippen LogP contribution in [0.4, 0.5) is 17.5 Å². The second-order valence-corrected chi connectivity index (χ2v) is 7.81. The first-order valence-corrected chi connectivity index (χ1v) is 10.4. The molecule has 5 N–H and O–H groups in total. The molecule has 0 bridgehead atoms. The number of nitrogens with two attached hydrogens (primary N) is 1. The number of anilines is 2. The van der Waals surface area contributed by atoms with Crippen molar-refractivity contribution in [1.82, 2.24) is 15.0 Å². The minimum Gasteiger partial charge on any atom is -0.403 e. The number of hydrogen-bond acceptors (Lipinski definition) is 9. The first kappa shape index (κ1) is 19.3. The van der Waals surface area contributed by atoms with E-state index < -0.39 is 0 Å². The van der Waals surface area contributed by atoms with Crippen LogP contribution in [0.2, 0.25) is 0 Å². The number of nitrogens with one attached hydrogen (secondary N) is 2. The molecule has 1 aliphatic rings. The summed E-state index contributed by atoms with van der Waals surface area (Å²) in [5.74, 6) is 1.25. The smallest absolute Gasteiger partial charge is 0.229 e. The van der Waals surface area contributed by atoms with Crippen molar-refractivity contribution in [2.75, 3.05) is 10.6 Å². The van der Waals surface area contributed by atoms with E-state index >= 15 is 0 Å². The molecule has 3 aromatic heterocycles. The topological polar surface area (TPSA) is 121 Å². The van der Waals surface area contributed by atoms with Crippen molar-refractivity contribution in [1.29, 1.82) is 0 Å². The molecule has 29 heavy (non-hydrogen) atoms. The molecule has 4 rings (SSSR count). The third-order valence-corrected chi connectivity index (χ3v) is 5.70. The normalized spacial score (nSPS) is 20.2. The first-order valence-electron chi connectivity index (χ1n) is 9.54. The van der Waals surface area contributed by atoms with Gasteiger partial charge in [-0.15, -0.1) is 11.3 Å². The number of thiophene rings is 1. The summed E-state index contributed by atoms with van der Waals surface area (Å²) in [5.41, 5.74) is 7.99. The summed E-state index contributed by atoms with van der Waals surface area (Å²) >= 11 is 1.61. The third kappa shape index (κ3) is 4.87. The maximum atomic E-state index is 9.74. The molecule has 1 fully saturated rings. The fourth-order valence-electron chi connectivity index (χ4n) is 3.25. The highest BCUT2D eigenvalue weighted by atomic mass is 32.1. The maximum absolute atomic E-state index is 9.74. The van der Waals surface area contributed by atoms with Crippen LogP contribution in [0.25, 0.3) is 10.2 Å². The lowest BCUT2D eigenvalue weighted by Gasteiger charge is -2.26. The first-order chi connectivity index (χ1) is 14.2. The molecule has 0 radical (unpaired) electrons. The Hall–Kier alpha value is -3.04. The van der Waals surface area contributed by atoms with Gasteiger partial charge in [0.25, 0.3) is 0 Å². The summed E-state index contributed by atoms with van der Waals surface area (Å²) in [5, 5.41) is 18.4. The van der Waals surface area contributed by atoms with Crippen molar-refractivity contribution in [3.05, 3.63) is 47.9 Å². The zero-order valence-electron chi connectivity index (χ0n) is 15.8. The average molecular weight is 410 g/mol. The maximum Gasteiger partial charge on any atom is 0.229 e. The van der Waals surface area contributed by atoms with Crippen molar-refractivity contribution in [2.45, 2.75) is 37.8 Å². The molecule has 3 heterocycles. The summed E-state index contributed by atoms with van der Waals surface area (Å²) in [6, 6.07) is 5.88. The van der Waals surface area contributed by atoms with Gasteiger partial charge in [0.2, 0.25) is 5.95 Å². The molecule has 0 amide bonds. The molecule has 0 aromatic carbocycles. The highest BCUT2D eigenvalue weighted by molar-refractivity contribution is 7.17. The highest BCUT2D eigenvalue weighted by Gasteiger charge is 2.21.